The van der Waals surface area contributed by atoms with E-state index in [1.165, 1.54) is 0 Å². The molecule has 1 aliphatic rings. The Labute approximate surface area is 117 Å². The Morgan fingerprint density at radius 2 is 2.15 bits per heavy atom. The molecule has 0 saturated heterocycles. The first-order chi connectivity index (χ1) is 9.78. The van der Waals surface area contributed by atoms with Gasteiger partial charge >= 0.3 is 0 Å². The Bertz CT molecular complexity index is 590. The van der Waals surface area contributed by atoms with Gasteiger partial charge in [0, 0.05) is 24.2 Å². The third-order valence-electron chi connectivity index (χ3n) is 3.56. The molecule has 0 radical (unpaired) electrons. The second-order valence-electron chi connectivity index (χ2n) is 5.10. The van der Waals surface area contributed by atoms with E-state index < -0.39 is 0 Å². The second-order valence-corrected chi connectivity index (χ2v) is 5.10. The lowest BCUT2D eigenvalue weighted by atomic mass is 10.1. The van der Waals surface area contributed by atoms with E-state index in [4.69, 9.17) is 10.3 Å². The Balaban J connectivity index is 1.71. The SMILES string of the molecule is NCC(NC(=O)c1cc(-c2ccccc2)on1)C1CC1. The molecule has 2 aromatic rings. The third kappa shape index (κ3) is 2.72. The van der Waals surface area contributed by atoms with E-state index in [-0.39, 0.29) is 11.9 Å². The molecule has 1 aromatic carbocycles. The van der Waals surface area contributed by atoms with Gasteiger partial charge in [-0.25, -0.2) is 0 Å². The first kappa shape index (κ1) is 12.9. The van der Waals surface area contributed by atoms with Crippen molar-refractivity contribution in [2.24, 2.45) is 11.7 Å². The molecule has 3 N–H and O–H groups in total. The summed E-state index contributed by atoms with van der Waals surface area (Å²) in [6.07, 6.45) is 2.27. The fourth-order valence-corrected chi connectivity index (χ4v) is 2.23. The van der Waals surface area contributed by atoms with E-state index in [9.17, 15) is 4.79 Å². The van der Waals surface area contributed by atoms with Crippen LogP contribution in [0.4, 0.5) is 0 Å². The van der Waals surface area contributed by atoms with Gasteiger partial charge in [-0.15, -0.1) is 0 Å². The maximum atomic E-state index is 12.1. The Kier molecular flexibility index (Phi) is 3.52. The van der Waals surface area contributed by atoms with Crippen LogP contribution in [-0.4, -0.2) is 23.7 Å². The van der Waals surface area contributed by atoms with Crippen molar-refractivity contribution in [2.75, 3.05) is 6.54 Å². The number of aromatic nitrogens is 1. The molecule has 3 rings (SSSR count). The molecule has 1 aromatic heterocycles. The second kappa shape index (κ2) is 5.46. The van der Waals surface area contributed by atoms with Crippen molar-refractivity contribution in [1.29, 1.82) is 0 Å². The largest absolute Gasteiger partial charge is 0.355 e. The van der Waals surface area contributed by atoms with Crippen molar-refractivity contribution < 1.29 is 9.32 Å². The number of rotatable bonds is 5. The Morgan fingerprint density at radius 1 is 1.40 bits per heavy atom. The van der Waals surface area contributed by atoms with E-state index in [1.54, 1.807) is 6.07 Å². The number of nitrogens with zero attached hydrogens (tertiary/aromatic N) is 1. The molecule has 0 bridgehead atoms. The summed E-state index contributed by atoms with van der Waals surface area (Å²) in [7, 11) is 0. The van der Waals surface area contributed by atoms with Crippen molar-refractivity contribution >= 4 is 5.91 Å². The number of hydrogen-bond donors (Lipinski definition) is 2. The summed E-state index contributed by atoms with van der Waals surface area (Å²) in [6, 6.07) is 11.3. The molecule has 1 aliphatic carbocycles. The van der Waals surface area contributed by atoms with E-state index in [2.05, 4.69) is 10.5 Å². The number of benzene rings is 1. The molecule has 1 saturated carbocycles. The van der Waals surface area contributed by atoms with Gasteiger partial charge in [-0.05, 0) is 18.8 Å². The van der Waals surface area contributed by atoms with Crippen molar-refractivity contribution in [1.82, 2.24) is 10.5 Å². The summed E-state index contributed by atoms with van der Waals surface area (Å²) in [5.74, 6) is 0.884. The zero-order chi connectivity index (χ0) is 13.9. The predicted molar refractivity (Wildman–Crippen MR) is 75.0 cm³/mol. The smallest absolute Gasteiger partial charge is 0.273 e. The number of carbonyl (C=O) groups is 1. The quantitative estimate of drug-likeness (QED) is 0.869. The van der Waals surface area contributed by atoms with Crippen LogP contribution in [0, 0.1) is 5.92 Å². The number of hydrogen-bond acceptors (Lipinski definition) is 4. The van der Waals surface area contributed by atoms with Gasteiger partial charge in [0.25, 0.3) is 5.91 Å². The van der Waals surface area contributed by atoms with E-state index in [0.717, 1.165) is 18.4 Å². The van der Waals surface area contributed by atoms with Gasteiger partial charge in [0.1, 0.15) is 0 Å². The summed E-state index contributed by atoms with van der Waals surface area (Å²) in [4.78, 5) is 12.1. The molecule has 1 amide bonds. The van der Waals surface area contributed by atoms with Gasteiger partial charge in [0.2, 0.25) is 0 Å². The fraction of sp³-hybridized carbons (Fsp3) is 0.333. The van der Waals surface area contributed by atoms with Gasteiger partial charge in [-0.3, -0.25) is 4.79 Å². The molecule has 1 fully saturated rings. The minimum atomic E-state index is -0.224. The Morgan fingerprint density at radius 3 is 2.80 bits per heavy atom. The standard InChI is InChI=1S/C15H17N3O2/c16-9-13(10-6-7-10)17-15(19)12-8-14(20-18-12)11-4-2-1-3-5-11/h1-5,8,10,13H,6-7,9,16H2,(H,17,19). The molecule has 1 unspecified atom stereocenters. The first-order valence-corrected chi connectivity index (χ1v) is 6.81. The minimum Gasteiger partial charge on any atom is -0.355 e. The van der Waals surface area contributed by atoms with Crippen LogP contribution in [0.1, 0.15) is 23.3 Å². The lowest BCUT2D eigenvalue weighted by Gasteiger charge is -2.14. The summed E-state index contributed by atoms with van der Waals surface area (Å²) in [6.45, 7) is 0.458. The molecule has 104 valence electrons. The highest BCUT2D eigenvalue weighted by molar-refractivity contribution is 5.93. The first-order valence-electron chi connectivity index (χ1n) is 6.81. The maximum Gasteiger partial charge on any atom is 0.273 e. The van der Waals surface area contributed by atoms with Crippen LogP contribution in [0.15, 0.2) is 40.9 Å². The van der Waals surface area contributed by atoms with Crippen LogP contribution in [0.2, 0.25) is 0 Å². The summed E-state index contributed by atoms with van der Waals surface area (Å²) in [5.41, 5.74) is 6.87. The molecule has 1 heterocycles. The van der Waals surface area contributed by atoms with Crippen LogP contribution >= 0.6 is 0 Å². The highest BCUT2D eigenvalue weighted by Crippen LogP contribution is 2.32. The molecule has 5 heteroatoms. The number of nitrogens with two attached hydrogens (primary N) is 1. The topological polar surface area (TPSA) is 81.1 Å². The molecular weight excluding hydrogens is 254 g/mol. The average Bonchev–Trinajstić information content (AvgIpc) is 3.21. The number of nitrogens with one attached hydrogen (secondary N) is 1. The van der Waals surface area contributed by atoms with Gasteiger partial charge < -0.3 is 15.6 Å². The van der Waals surface area contributed by atoms with Crippen molar-refractivity contribution in [3.63, 3.8) is 0 Å². The number of amides is 1. The summed E-state index contributed by atoms with van der Waals surface area (Å²) < 4.78 is 5.22. The van der Waals surface area contributed by atoms with E-state index in [1.807, 2.05) is 30.3 Å². The van der Waals surface area contributed by atoms with Gasteiger partial charge in [0.15, 0.2) is 11.5 Å². The van der Waals surface area contributed by atoms with Crippen LogP contribution < -0.4 is 11.1 Å². The zero-order valence-corrected chi connectivity index (χ0v) is 11.1. The summed E-state index contributed by atoms with van der Waals surface area (Å²) >= 11 is 0. The molecule has 20 heavy (non-hydrogen) atoms. The van der Waals surface area contributed by atoms with E-state index in [0.29, 0.717) is 23.9 Å². The average molecular weight is 271 g/mol. The van der Waals surface area contributed by atoms with Crippen LogP contribution in [0.25, 0.3) is 11.3 Å². The number of carbonyl (C=O) groups excluding carboxylic acids is 1. The molecule has 5 nitrogen and oxygen atoms in total. The van der Waals surface area contributed by atoms with Crippen LogP contribution in [0.5, 0.6) is 0 Å². The van der Waals surface area contributed by atoms with E-state index >= 15 is 0 Å². The predicted octanol–water partition coefficient (Wildman–Crippen LogP) is 1.81. The monoisotopic (exact) mass is 271 g/mol. The normalized spacial score (nSPS) is 15.8. The highest BCUT2D eigenvalue weighted by Gasteiger charge is 2.31. The molecular formula is C15H17N3O2. The molecule has 0 aliphatic heterocycles. The summed E-state index contributed by atoms with van der Waals surface area (Å²) in [5, 5.41) is 6.76. The van der Waals surface area contributed by atoms with Crippen LogP contribution in [-0.2, 0) is 0 Å². The third-order valence-corrected chi connectivity index (χ3v) is 3.56. The Hall–Kier alpha value is -2.14. The molecule has 0 spiro atoms. The van der Waals surface area contributed by atoms with Gasteiger partial charge in [-0.2, -0.15) is 0 Å². The van der Waals surface area contributed by atoms with Crippen molar-refractivity contribution in [2.45, 2.75) is 18.9 Å². The highest BCUT2D eigenvalue weighted by atomic mass is 16.5. The maximum absolute atomic E-state index is 12.1. The lowest BCUT2D eigenvalue weighted by molar-refractivity contribution is 0.0924. The van der Waals surface area contributed by atoms with Gasteiger partial charge in [0.05, 0.1) is 0 Å². The van der Waals surface area contributed by atoms with Crippen LogP contribution in [0.3, 0.4) is 0 Å². The van der Waals surface area contributed by atoms with Crippen molar-refractivity contribution in [3.8, 4) is 11.3 Å². The minimum absolute atomic E-state index is 0.0411. The molecule has 1 atom stereocenters. The lowest BCUT2D eigenvalue weighted by Crippen LogP contribution is -2.41. The zero-order valence-electron chi connectivity index (χ0n) is 11.1. The van der Waals surface area contributed by atoms with Crippen molar-refractivity contribution in [3.05, 3.63) is 42.1 Å². The fourth-order valence-electron chi connectivity index (χ4n) is 2.23. The van der Waals surface area contributed by atoms with Gasteiger partial charge in [-0.1, -0.05) is 35.5 Å².